The Kier molecular flexibility index (Phi) is 2.68. The molecule has 0 aliphatic rings. The lowest BCUT2D eigenvalue weighted by atomic mass is 10.2. The number of aryl methyl sites for hydroxylation is 1. The minimum Gasteiger partial charge on any atom is -0.434 e. The van der Waals surface area contributed by atoms with Crippen molar-refractivity contribution in [2.75, 3.05) is 5.73 Å². The Morgan fingerprint density at radius 3 is 2.94 bits per heavy atom. The van der Waals surface area contributed by atoms with E-state index in [-0.39, 0.29) is 17.3 Å². The molecule has 0 aliphatic heterocycles. The van der Waals surface area contributed by atoms with E-state index in [2.05, 4.69) is 9.97 Å². The molecule has 0 fully saturated rings. The van der Waals surface area contributed by atoms with Crippen LogP contribution in [0.3, 0.4) is 0 Å². The van der Waals surface area contributed by atoms with Crippen LogP contribution >= 0.6 is 0 Å². The molecule has 0 aliphatic carbocycles. The summed E-state index contributed by atoms with van der Waals surface area (Å²) in [4.78, 5) is 7.54. The van der Waals surface area contributed by atoms with Crippen molar-refractivity contribution in [1.29, 1.82) is 0 Å². The summed E-state index contributed by atoms with van der Waals surface area (Å²) in [5.74, 6) is -0.200. The van der Waals surface area contributed by atoms with Crippen molar-refractivity contribution in [3.05, 3.63) is 42.1 Å². The van der Waals surface area contributed by atoms with Crippen LogP contribution < -0.4 is 10.5 Å². The number of nitrogens with zero attached hydrogens (tertiary/aromatic N) is 2. The fourth-order valence-electron chi connectivity index (χ4n) is 1.21. The van der Waals surface area contributed by atoms with Crippen molar-refractivity contribution < 1.29 is 9.13 Å². The van der Waals surface area contributed by atoms with Gasteiger partial charge in [-0.15, -0.1) is 0 Å². The van der Waals surface area contributed by atoms with E-state index in [4.69, 9.17) is 10.5 Å². The molecule has 2 aromatic rings. The Morgan fingerprint density at radius 2 is 2.19 bits per heavy atom. The Labute approximate surface area is 91.9 Å². The molecule has 0 saturated carbocycles. The average Bonchev–Trinajstić information content (AvgIpc) is 2.27. The zero-order chi connectivity index (χ0) is 11.5. The molecule has 1 heterocycles. The molecular weight excluding hydrogens is 209 g/mol. The first kappa shape index (κ1) is 10.4. The second kappa shape index (κ2) is 4.14. The van der Waals surface area contributed by atoms with E-state index in [1.54, 1.807) is 12.1 Å². The molecule has 0 spiro atoms. The SMILES string of the molecule is Cc1ccc(F)c(Oc2ncncc2N)c1. The normalized spacial score (nSPS) is 10.1. The van der Waals surface area contributed by atoms with Gasteiger partial charge in [0.05, 0.1) is 6.20 Å². The van der Waals surface area contributed by atoms with Crippen molar-refractivity contribution in [2.45, 2.75) is 6.92 Å². The van der Waals surface area contributed by atoms with E-state index < -0.39 is 5.82 Å². The number of hydrogen-bond donors (Lipinski definition) is 1. The molecule has 4 nitrogen and oxygen atoms in total. The molecule has 5 heteroatoms. The van der Waals surface area contributed by atoms with Crippen LogP contribution in [0.5, 0.6) is 11.6 Å². The highest BCUT2D eigenvalue weighted by Crippen LogP contribution is 2.26. The van der Waals surface area contributed by atoms with Gasteiger partial charge in [-0.25, -0.2) is 9.37 Å². The standard InChI is InChI=1S/C11H10FN3O/c1-7-2-3-8(12)10(4-7)16-11-9(13)5-14-6-15-11/h2-6H,13H2,1H3. The summed E-state index contributed by atoms with van der Waals surface area (Å²) in [6.45, 7) is 1.84. The van der Waals surface area contributed by atoms with E-state index in [0.29, 0.717) is 0 Å². The number of aromatic nitrogens is 2. The van der Waals surface area contributed by atoms with Gasteiger partial charge < -0.3 is 10.5 Å². The maximum atomic E-state index is 13.4. The van der Waals surface area contributed by atoms with E-state index in [9.17, 15) is 4.39 Å². The summed E-state index contributed by atoms with van der Waals surface area (Å²) < 4.78 is 18.6. The van der Waals surface area contributed by atoms with Gasteiger partial charge in [0.15, 0.2) is 11.6 Å². The number of anilines is 1. The highest BCUT2D eigenvalue weighted by Gasteiger charge is 2.08. The molecule has 2 N–H and O–H groups in total. The third-order valence-electron chi connectivity index (χ3n) is 2.00. The van der Waals surface area contributed by atoms with E-state index in [1.807, 2.05) is 6.92 Å². The van der Waals surface area contributed by atoms with E-state index >= 15 is 0 Å². The van der Waals surface area contributed by atoms with Crippen molar-refractivity contribution >= 4 is 5.69 Å². The average molecular weight is 219 g/mol. The van der Waals surface area contributed by atoms with Crippen molar-refractivity contribution in [1.82, 2.24) is 9.97 Å². The fourth-order valence-corrected chi connectivity index (χ4v) is 1.21. The predicted molar refractivity (Wildman–Crippen MR) is 57.7 cm³/mol. The lowest BCUT2D eigenvalue weighted by molar-refractivity contribution is 0.428. The first-order valence-electron chi connectivity index (χ1n) is 4.66. The first-order valence-corrected chi connectivity index (χ1v) is 4.66. The van der Waals surface area contributed by atoms with Gasteiger partial charge in [0.1, 0.15) is 12.0 Å². The Balaban J connectivity index is 2.34. The quantitative estimate of drug-likeness (QED) is 0.841. The zero-order valence-electron chi connectivity index (χ0n) is 8.64. The molecular formula is C11H10FN3O. The van der Waals surface area contributed by atoms with Crippen LogP contribution in [0, 0.1) is 12.7 Å². The van der Waals surface area contributed by atoms with Crippen LogP contribution in [0.1, 0.15) is 5.56 Å². The monoisotopic (exact) mass is 219 g/mol. The van der Waals surface area contributed by atoms with E-state index in [1.165, 1.54) is 18.6 Å². The highest BCUT2D eigenvalue weighted by atomic mass is 19.1. The first-order chi connectivity index (χ1) is 7.66. The van der Waals surface area contributed by atoms with Crippen molar-refractivity contribution in [2.24, 2.45) is 0 Å². The summed E-state index contributed by atoms with van der Waals surface area (Å²) in [5, 5.41) is 0. The fraction of sp³-hybridized carbons (Fsp3) is 0.0909. The summed E-state index contributed by atoms with van der Waals surface area (Å²) in [7, 11) is 0. The molecule has 1 aromatic carbocycles. The molecule has 0 radical (unpaired) electrons. The maximum Gasteiger partial charge on any atom is 0.245 e. The molecule has 2 rings (SSSR count). The number of halogens is 1. The smallest absolute Gasteiger partial charge is 0.245 e. The molecule has 82 valence electrons. The van der Waals surface area contributed by atoms with Gasteiger partial charge in [-0.3, -0.25) is 0 Å². The van der Waals surface area contributed by atoms with Crippen LogP contribution in [0.4, 0.5) is 10.1 Å². The van der Waals surface area contributed by atoms with Gasteiger partial charge in [-0.1, -0.05) is 6.07 Å². The largest absolute Gasteiger partial charge is 0.434 e. The highest BCUT2D eigenvalue weighted by molar-refractivity contribution is 5.47. The van der Waals surface area contributed by atoms with Crippen LogP contribution in [-0.2, 0) is 0 Å². The Hall–Kier alpha value is -2.17. The molecule has 0 unspecified atom stereocenters. The minimum absolute atomic E-state index is 0.102. The second-order valence-corrected chi connectivity index (χ2v) is 3.32. The number of nitrogens with two attached hydrogens (primary N) is 1. The summed E-state index contributed by atoms with van der Waals surface area (Å²) in [6.07, 6.45) is 2.69. The van der Waals surface area contributed by atoms with Crippen molar-refractivity contribution in [3.63, 3.8) is 0 Å². The zero-order valence-corrected chi connectivity index (χ0v) is 8.64. The van der Waals surface area contributed by atoms with Crippen molar-refractivity contribution in [3.8, 4) is 11.6 Å². The molecule has 0 bridgehead atoms. The predicted octanol–water partition coefficient (Wildman–Crippen LogP) is 2.30. The van der Waals surface area contributed by atoms with Gasteiger partial charge in [0.2, 0.25) is 5.88 Å². The minimum atomic E-state index is -0.455. The van der Waals surface area contributed by atoms with Gasteiger partial charge in [0, 0.05) is 0 Å². The van der Waals surface area contributed by atoms with E-state index in [0.717, 1.165) is 5.56 Å². The number of rotatable bonds is 2. The summed E-state index contributed by atoms with van der Waals surface area (Å²) in [5.41, 5.74) is 6.74. The molecule has 1 aromatic heterocycles. The number of hydrogen-bond acceptors (Lipinski definition) is 4. The maximum absolute atomic E-state index is 13.4. The van der Waals surface area contributed by atoms with Gasteiger partial charge in [-0.05, 0) is 24.6 Å². The molecule has 0 saturated heterocycles. The van der Waals surface area contributed by atoms with Gasteiger partial charge in [0.25, 0.3) is 0 Å². The second-order valence-electron chi connectivity index (χ2n) is 3.32. The number of ether oxygens (including phenoxy) is 1. The number of benzene rings is 1. The Morgan fingerprint density at radius 1 is 1.38 bits per heavy atom. The summed E-state index contributed by atoms with van der Waals surface area (Å²) >= 11 is 0. The van der Waals surface area contributed by atoms with Gasteiger partial charge in [-0.2, -0.15) is 4.98 Å². The van der Waals surface area contributed by atoms with Gasteiger partial charge >= 0.3 is 0 Å². The topological polar surface area (TPSA) is 61.0 Å². The lowest BCUT2D eigenvalue weighted by Gasteiger charge is -2.07. The van der Waals surface area contributed by atoms with Crippen LogP contribution in [-0.4, -0.2) is 9.97 Å². The van der Waals surface area contributed by atoms with Crippen LogP contribution in [0.2, 0.25) is 0 Å². The summed E-state index contributed by atoms with van der Waals surface area (Å²) in [6, 6.07) is 4.57. The lowest BCUT2D eigenvalue weighted by Crippen LogP contribution is -1.97. The Bertz CT molecular complexity index is 516. The molecule has 16 heavy (non-hydrogen) atoms. The molecule has 0 amide bonds. The molecule has 0 atom stereocenters. The number of nitrogen functional groups attached to an aromatic ring is 1. The van der Waals surface area contributed by atoms with Crippen LogP contribution in [0.15, 0.2) is 30.7 Å². The van der Waals surface area contributed by atoms with Crippen LogP contribution in [0.25, 0.3) is 0 Å². The third kappa shape index (κ3) is 2.08. The third-order valence-corrected chi connectivity index (χ3v) is 2.00.